The molecule has 0 atom stereocenters. The fraction of sp³-hybridized carbons (Fsp3) is 0.545. The molecule has 1 saturated heterocycles. The van der Waals surface area contributed by atoms with Crippen molar-refractivity contribution in [1.29, 1.82) is 5.41 Å². The van der Waals surface area contributed by atoms with E-state index in [-0.39, 0.29) is 0 Å². The molecule has 0 spiro atoms. The van der Waals surface area contributed by atoms with Gasteiger partial charge in [-0.2, -0.15) is 0 Å². The van der Waals surface area contributed by atoms with E-state index in [1.807, 2.05) is 6.92 Å². The van der Waals surface area contributed by atoms with E-state index >= 15 is 0 Å². The quantitative estimate of drug-likeness (QED) is 0.547. The molecule has 86 valence electrons. The summed E-state index contributed by atoms with van der Waals surface area (Å²) in [4.78, 5) is 12.7. The van der Waals surface area contributed by atoms with E-state index in [1.54, 1.807) is 12.3 Å². The minimum Gasteiger partial charge on any atom is -0.353 e. The largest absolute Gasteiger partial charge is 0.353 e. The number of hydrogen-bond donors (Lipinski definition) is 1. The molecule has 0 aliphatic carbocycles. The molecule has 0 radical (unpaired) electrons. The molecular weight excluding hydrogens is 202 g/mol. The number of nitrogens with one attached hydrogen (secondary N) is 1. The van der Waals surface area contributed by atoms with Crippen molar-refractivity contribution in [3.05, 3.63) is 23.8 Å². The Morgan fingerprint density at radius 1 is 1.31 bits per heavy atom. The van der Waals surface area contributed by atoms with Crippen LogP contribution in [-0.4, -0.2) is 58.8 Å². The molecule has 1 fully saturated rings. The van der Waals surface area contributed by atoms with E-state index in [1.165, 1.54) is 0 Å². The van der Waals surface area contributed by atoms with Gasteiger partial charge in [0, 0.05) is 32.4 Å². The van der Waals surface area contributed by atoms with Crippen LogP contribution in [0.2, 0.25) is 0 Å². The van der Waals surface area contributed by atoms with E-state index in [2.05, 4.69) is 26.8 Å². The average molecular weight is 219 g/mol. The van der Waals surface area contributed by atoms with Crippen LogP contribution in [-0.2, 0) is 0 Å². The minimum absolute atomic E-state index is 0.513. The van der Waals surface area contributed by atoms with Gasteiger partial charge in [-0.1, -0.05) is 0 Å². The summed E-state index contributed by atoms with van der Waals surface area (Å²) in [5, 5.41) is 8.10. The summed E-state index contributed by atoms with van der Waals surface area (Å²) < 4.78 is 0. The lowest BCUT2D eigenvalue weighted by Gasteiger charge is -2.33. The Morgan fingerprint density at radius 3 is 2.62 bits per heavy atom. The molecule has 1 aromatic heterocycles. The van der Waals surface area contributed by atoms with Crippen LogP contribution < -0.4 is 0 Å². The molecule has 2 rings (SSSR count). The predicted octanol–water partition coefficient (Wildman–Crippen LogP) is 0.358. The number of likely N-dealkylation sites (N-methyl/N-ethyl adjacent to an activating group) is 1. The zero-order valence-electron chi connectivity index (χ0n) is 9.77. The first-order chi connectivity index (χ1) is 7.66. The molecule has 2 heterocycles. The number of nitrogens with zero attached hydrogens (tertiary/aromatic N) is 4. The summed E-state index contributed by atoms with van der Waals surface area (Å²) in [6.07, 6.45) is 1.71. The molecule has 5 nitrogen and oxygen atoms in total. The summed E-state index contributed by atoms with van der Waals surface area (Å²) >= 11 is 0. The second-order valence-corrected chi connectivity index (χ2v) is 4.13. The van der Waals surface area contributed by atoms with Gasteiger partial charge in [0.15, 0.2) is 0 Å². The van der Waals surface area contributed by atoms with Crippen molar-refractivity contribution in [1.82, 2.24) is 19.8 Å². The van der Waals surface area contributed by atoms with Crippen molar-refractivity contribution < 1.29 is 0 Å². The Bertz CT molecular complexity index is 382. The van der Waals surface area contributed by atoms with Crippen LogP contribution in [0.5, 0.6) is 0 Å². The van der Waals surface area contributed by atoms with Gasteiger partial charge in [0.1, 0.15) is 17.4 Å². The van der Waals surface area contributed by atoms with Crippen molar-refractivity contribution in [2.45, 2.75) is 6.92 Å². The van der Waals surface area contributed by atoms with Crippen LogP contribution in [0.15, 0.2) is 12.3 Å². The van der Waals surface area contributed by atoms with Crippen LogP contribution in [0.25, 0.3) is 0 Å². The average Bonchev–Trinajstić information content (AvgIpc) is 2.29. The van der Waals surface area contributed by atoms with Crippen molar-refractivity contribution in [2.24, 2.45) is 0 Å². The van der Waals surface area contributed by atoms with Crippen LogP contribution in [0.4, 0.5) is 0 Å². The standard InChI is InChI=1S/C11H17N5/c1-9-13-4-3-10(14-9)11(12)16-7-5-15(2)6-8-16/h3-4,12H,5-8H2,1-2H3. The van der Waals surface area contributed by atoms with Crippen molar-refractivity contribution in [2.75, 3.05) is 33.2 Å². The van der Waals surface area contributed by atoms with E-state index in [0.717, 1.165) is 37.7 Å². The highest BCUT2D eigenvalue weighted by atomic mass is 15.3. The van der Waals surface area contributed by atoms with Crippen LogP contribution in [0.1, 0.15) is 11.5 Å². The summed E-state index contributed by atoms with van der Waals surface area (Å²) in [5.41, 5.74) is 0.719. The third-order valence-corrected chi connectivity index (χ3v) is 2.84. The first-order valence-corrected chi connectivity index (χ1v) is 5.49. The van der Waals surface area contributed by atoms with Crippen molar-refractivity contribution in [3.8, 4) is 0 Å². The molecule has 0 bridgehead atoms. The molecule has 1 N–H and O–H groups in total. The van der Waals surface area contributed by atoms with Gasteiger partial charge in [-0.05, 0) is 20.0 Å². The van der Waals surface area contributed by atoms with Gasteiger partial charge in [0.2, 0.25) is 0 Å². The Hall–Kier alpha value is -1.49. The van der Waals surface area contributed by atoms with Gasteiger partial charge in [-0.3, -0.25) is 5.41 Å². The third kappa shape index (κ3) is 2.36. The third-order valence-electron chi connectivity index (χ3n) is 2.84. The zero-order chi connectivity index (χ0) is 11.5. The highest BCUT2D eigenvalue weighted by Crippen LogP contribution is 2.05. The monoisotopic (exact) mass is 219 g/mol. The van der Waals surface area contributed by atoms with E-state index in [4.69, 9.17) is 5.41 Å². The highest BCUT2D eigenvalue weighted by Gasteiger charge is 2.18. The molecule has 0 amide bonds. The number of aryl methyl sites for hydroxylation is 1. The van der Waals surface area contributed by atoms with Gasteiger partial charge in [0.05, 0.1) is 0 Å². The Kier molecular flexibility index (Phi) is 3.14. The fourth-order valence-corrected chi connectivity index (χ4v) is 1.78. The molecule has 0 saturated carbocycles. The molecule has 1 aliphatic heterocycles. The smallest absolute Gasteiger partial charge is 0.147 e. The lowest BCUT2D eigenvalue weighted by atomic mass is 10.2. The van der Waals surface area contributed by atoms with E-state index < -0.39 is 0 Å². The minimum atomic E-state index is 0.513. The second kappa shape index (κ2) is 4.57. The number of piperazine rings is 1. The van der Waals surface area contributed by atoms with Gasteiger partial charge in [-0.25, -0.2) is 9.97 Å². The van der Waals surface area contributed by atoms with Gasteiger partial charge in [0.25, 0.3) is 0 Å². The number of aromatic nitrogens is 2. The topological polar surface area (TPSA) is 56.1 Å². The molecule has 0 aromatic carbocycles. The van der Waals surface area contributed by atoms with Gasteiger partial charge >= 0.3 is 0 Å². The summed E-state index contributed by atoms with van der Waals surface area (Å²) in [5.74, 6) is 1.23. The Balaban J connectivity index is 2.08. The molecular formula is C11H17N5. The molecule has 16 heavy (non-hydrogen) atoms. The first kappa shape index (κ1) is 11.0. The van der Waals surface area contributed by atoms with Crippen LogP contribution in [0, 0.1) is 12.3 Å². The number of amidine groups is 1. The van der Waals surface area contributed by atoms with Crippen molar-refractivity contribution in [3.63, 3.8) is 0 Å². The lowest BCUT2D eigenvalue weighted by Crippen LogP contribution is -2.47. The molecule has 5 heteroatoms. The van der Waals surface area contributed by atoms with Gasteiger partial charge in [-0.15, -0.1) is 0 Å². The Morgan fingerprint density at radius 2 is 2.00 bits per heavy atom. The van der Waals surface area contributed by atoms with Crippen LogP contribution in [0.3, 0.4) is 0 Å². The normalized spacial score (nSPS) is 17.5. The SMILES string of the molecule is Cc1nccc(C(=N)N2CCN(C)CC2)n1. The van der Waals surface area contributed by atoms with Gasteiger partial charge < -0.3 is 9.80 Å². The Labute approximate surface area is 95.6 Å². The fourth-order valence-electron chi connectivity index (χ4n) is 1.78. The lowest BCUT2D eigenvalue weighted by molar-refractivity contribution is 0.215. The maximum atomic E-state index is 8.10. The predicted molar refractivity (Wildman–Crippen MR) is 62.7 cm³/mol. The van der Waals surface area contributed by atoms with Crippen LogP contribution >= 0.6 is 0 Å². The van der Waals surface area contributed by atoms with E-state index in [9.17, 15) is 0 Å². The summed E-state index contributed by atoms with van der Waals surface area (Å²) in [6.45, 7) is 5.66. The second-order valence-electron chi connectivity index (χ2n) is 4.13. The number of hydrogen-bond acceptors (Lipinski definition) is 4. The highest BCUT2D eigenvalue weighted by molar-refractivity contribution is 5.94. The maximum absolute atomic E-state index is 8.10. The van der Waals surface area contributed by atoms with Crippen molar-refractivity contribution >= 4 is 5.84 Å². The summed E-state index contributed by atoms with van der Waals surface area (Å²) in [6, 6.07) is 1.80. The number of rotatable bonds is 1. The van der Waals surface area contributed by atoms with E-state index in [0.29, 0.717) is 5.84 Å². The maximum Gasteiger partial charge on any atom is 0.147 e. The molecule has 0 unspecified atom stereocenters. The molecule has 1 aliphatic rings. The zero-order valence-corrected chi connectivity index (χ0v) is 9.77. The molecule has 1 aromatic rings. The first-order valence-electron chi connectivity index (χ1n) is 5.49. The summed E-state index contributed by atoms with van der Waals surface area (Å²) in [7, 11) is 2.11.